The SMILES string of the molecule is CCCN(CCC)C(=O)[C@H](NC(=O)c1cccc(S(=O)(=O)N(CC)CC)c1)C(C)C. The number of carbonyl (C=O) groups excluding carboxylic acids is 2. The lowest BCUT2D eigenvalue weighted by atomic mass is 10.0. The van der Waals surface area contributed by atoms with Crippen LogP contribution in [0.15, 0.2) is 29.2 Å². The highest BCUT2D eigenvalue weighted by Gasteiger charge is 2.29. The molecule has 0 heterocycles. The van der Waals surface area contributed by atoms with Gasteiger partial charge in [-0.15, -0.1) is 0 Å². The highest BCUT2D eigenvalue weighted by molar-refractivity contribution is 7.89. The fourth-order valence-electron chi connectivity index (χ4n) is 3.32. The Morgan fingerprint density at radius 1 is 1.00 bits per heavy atom. The maximum atomic E-state index is 13.0. The van der Waals surface area contributed by atoms with Crippen LogP contribution in [0.5, 0.6) is 0 Å². The highest BCUT2D eigenvalue weighted by Crippen LogP contribution is 2.18. The van der Waals surface area contributed by atoms with Gasteiger partial charge in [-0.25, -0.2) is 8.42 Å². The van der Waals surface area contributed by atoms with Gasteiger partial charge in [-0.2, -0.15) is 4.31 Å². The van der Waals surface area contributed by atoms with E-state index in [0.29, 0.717) is 26.2 Å². The summed E-state index contributed by atoms with van der Waals surface area (Å²) in [5, 5.41) is 2.83. The van der Waals surface area contributed by atoms with Crippen molar-refractivity contribution in [1.82, 2.24) is 14.5 Å². The van der Waals surface area contributed by atoms with Gasteiger partial charge in [-0.3, -0.25) is 9.59 Å². The largest absolute Gasteiger partial charge is 0.341 e. The summed E-state index contributed by atoms with van der Waals surface area (Å²) in [6, 6.07) is 5.31. The molecule has 0 spiro atoms. The molecule has 0 bridgehead atoms. The Balaban J connectivity index is 3.13. The number of benzene rings is 1. The molecule has 2 amide bonds. The Labute approximate surface area is 181 Å². The number of amides is 2. The molecule has 0 aliphatic rings. The fraction of sp³-hybridized carbons (Fsp3) is 0.636. The normalized spacial score (nSPS) is 12.8. The van der Waals surface area contributed by atoms with Gasteiger partial charge in [-0.1, -0.05) is 47.6 Å². The molecule has 8 heteroatoms. The first-order valence-corrected chi connectivity index (χ1v) is 12.3. The molecule has 0 fully saturated rings. The Morgan fingerprint density at radius 3 is 2.03 bits per heavy atom. The summed E-state index contributed by atoms with van der Waals surface area (Å²) in [7, 11) is -3.67. The second-order valence-electron chi connectivity index (χ2n) is 7.64. The minimum absolute atomic E-state index is 0.0739. The Morgan fingerprint density at radius 2 is 1.57 bits per heavy atom. The molecule has 0 saturated carbocycles. The molecule has 1 aromatic carbocycles. The second-order valence-corrected chi connectivity index (χ2v) is 9.58. The van der Waals surface area contributed by atoms with E-state index in [-0.39, 0.29) is 22.3 Å². The van der Waals surface area contributed by atoms with Crippen LogP contribution in [0.4, 0.5) is 0 Å². The molecule has 30 heavy (non-hydrogen) atoms. The third-order valence-electron chi connectivity index (χ3n) is 4.96. The van der Waals surface area contributed by atoms with Crippen LogP contribution < -0.4 is 5.32 Å². The van der Waals surface area contributed by atoms with Crippen molar-refractivity contribution in [3.8, 4) is 0 Å². The number of nitrogens with zero attached hydrogens (tertiary/aromatic N) is 2. The van der Waals surface area contributed by atoms with Crippen molar-refractivity contribution >= 4 is 21.8 Å². The number of hydrogen-bond donors (Lipinski definition) is 1. The number of hydrogen-bond acceptors (Lipinski definition) is 4. The summed E-state index contributed by atoms with van der Waals surface area (Å²) in [5.41, 5.74) is 0.221. The van der Waals surface area contributed by atoms with Crippen molar-refractivity contribution in [3.63, 3.8) is 0 Å². The van der Waals surface area contributed by atoms with Gasteiger partial charge in [0.15, 0.2) is 0 Å². The molecule has 0 saturated heterocycles. The third-order valence-corrected chi connectivity index (χ3v) is 7.00. The maximum absolute atomic E-state index is 13.0. The average molecular weight is 440 g/mol. The quantitative estimate of drug-likeness (QED) is 0.542. The standard InChI is InChI=1S/C22H37N3O4S/c1-7-14-24(15-8-2)22(27)20(17(5)6)23-21(26)18-12-11-13-19(16-18)30(28,29)25(9-3)10-4/h11-13,16-17,20H,7-10,14-15H2,1-6H3,(H,23,26)/t20-/m1/s1. The molecule has 0 radical (unpaired) electrons. The number of sulfonamides is 1. The van der Waals surface area contributed by atoms with Crippen LogP contribution in [-0.4, -0.2) is 61.7 Å². The smallest absolute Gasteiger partial charge is 0.251 e. The first-order valence-electron chi connectivity index (χ1n) is 10.8. The second kappa shape index (κ2) is 12.1. The van der Waals surface area contributed by atoms with Gasteiger partial charge in [-0.05, 0) is 37.0 Å². The van der Waals surface area contributed by atoms with E-state index in [9.17, 15) is 18.0 Å². The minimum Gasteiger partial charge on any atom is -0.341 e. The van der Waals surface area contributed by atoms with Gasteiger partial charge in [0, 0.05) is 31.7 Å². The molecule has 170 valence electrons. The van der Waals surface area contributed by atoms with Crippen molar-refractivity contribution in [2.75, 3.05) is 26.2 Å². The van der Waals surface area contributed by atoms with Crippen LogP contribution in [-0.2, 0) is 14.8 Å². The van der Waals surface area contributed by atoms with Gasteiger partial charge >= 0.3 is 0 Å². The molecule has 1 aromatic rings. The predicted octanol–water partition coefficient (Wildman–Crippen LogP) is 3.12. The maximum Gasteiger partial charge on any atom is 0.251 e. The average Bonchev–Trinajstić information content (AvgIpc) is 2.71. The molecule has 0 aliphatic heterocycles. The van der Waals surface area contributed by atoms with Crippen molar-refractivity contribution in [1.29, 1.82) is 0 Å². The number of rotatable bonds is 12. The van der Waals surface area contributed by atoms with E-state index >= 15 is 0 Å². The first kappa shape index (κ1) is 26.1. The highest BCUT2D eigenvalue weighted by atomic mass is 32.2. The molecule has 1 rings (SSSR count). The summed E-state index contributed by atoms with van der Waals surface area (Å²) in [6.45, 7) is 13.3. The van der Waals surface area contributed by atoms with E-state index in [4.69, 9.17) is 0 Å². The van der Waals surface area contributed by atoms with Crippen molar-refractivity contribution in [3.05, 3.63) is 29.8 Å². The summed E-state index contributed by atoms with van der Waals surface area (Å²) in [4.78, 5) is 27.8. The predicted molar refractivity (Wildman–Crippen MR) is 120 cm³/mol. The Bertz CT molecular complexity index is 798. The monoisotopic (exact) mass is 439 g/mol. The van der Waals surface area contributed by atoms with Crippen LogP contribution in [0.3, 0.4) is 0 Å². The summed E-state index contributed by atoms with van der Waals surface area (Å²) >= 11 is 0. The molecular weight excluding hydrogens is 402 g/mol. The van der Waals surface area contributed by atoms with Crippen LogP contribution in [0, 0.1) is 5.92 Å². The van der Waals surface area contributed by atoms with Crippen LogP contribution in [0.1, 0.15) is 64.7 Å². The minimum atomic E-state index is -3.67. The first-order chi connectivity index (χ1) is 14.1. The Hall–Kier alpha value is -1.93. The zero-order chi connectivity index (χ0) is 22.9. The third kappa shape index (κ3) is 6.54. The lowest BCUT2D eigenvalue weighted by Crippen LogP contribution is -2.51. The Kier molecular flexibility index (Phi) is 10.5. The van der Waals surface area contributed by atoms with Crippen LogP contribution in [0.25, 0.3) is 0 Å². The lowest BCUT2D eigenvalue weighted by Gasteiger charge is -2.29. The van der Waals surface area contributed by atoms with E-state index in [0.717, 1.165) is 12.8 Å². The summed E-state index contributed by atoms with van der Waals surface area (Å²) in [6.07, 6.45) is 1.69. The fourth-order valence-corrected chi connectivity index (χ4v) is 4.82. The summed E-state index contributed by atoms with van der Waals surface area (Å²) in [5.74, 6) is -0.652. The topological polar surface area (TPSA) is 86.8 Å². The van der Waals surface area contributed by atoms with Gasteiger partial charge in [0.2, 0.25) is 15.9 Å². The number of nitrogens with one attached hydrogen (secondary N) is 1. The van der Waals surface area contributed by atoms with Gasteiger partial charge in [0.05, 0.1) is 4.90 Å². The lowest BCUT2D eigenvalue weighted by molar-refractivity contribution is -0.134. The molecule has 0 aliphatic carbocycles. The molecule has 0 unspecified atom stereocenters. The van der Waals surface area contributed by atoms with E-state index in [1.807, 2.05) is 27.7 Å². The summed E-state index contributed by atoms with van der Waals surface area (Å²) < 4.78 is 26.9. The molecule has 1 N–H and O–H groups in total. The van der Waals surface area contributed by atoms with Crippen molar-refractivity contribution in [2.45, 2.75) is 65.3 Å². The van der Waals surface area contributed by atoms with E-state index in [2.05, 4.69) is 5.32 Å². The van der Waals surface area contributed by atoms with Crippen LogP contribution in [0.2, 0.25) is 0 Å². The van der Waals surface area contributed by atoms with Crippen molar-refractivity contribution < 1.29 is 18.0 Å². The van der Waals surface area contributed by atoms with Gasteiger partial charge in [0.1, 0.15) is 6.04 Å². The van der Waals surface area contributed by atoms with Gasteiger partial charge < -0.3 is 10.2 Å². The molecular formula is C22H37N3O4S. The molecule has 1 atom stereocenters. The van der Waals surface area contributed by atoms with Crippen LogP contribution >= 0.6 is 0 Å². The van der Waals surface area contributed by atoms with Crippen molar-refractivity contribution in [2.24, 2.45) is 5.92 Å². The van der Waals surface area contributed by atoms with E-state index in [1.54, 1.807) is 30.9 Å². The zero-order valence-corrected chi connectivity index (χ0v) is 20.0. The zero-order valence-electron chi connectivity index (χ0n) is 19.1. The van der Waals surface area contributed by atoms with Gasteiger partial charge in [0.25, 0.3) is 5.91 Å². The van der Waals surface area contributed by atoms with E-state index < -0.39 is 22.0 Å². The molecule has 0 aromatic heterocycles. The van der Waals surface area contributed by atoms with E-state index in [1.165, 1.54) is 16.4 Å². The molecule has 7 nitrogen and oxygen atoms in total. The number of carbonyl (C=O) groups is 2.